The second-order valence-corrected chi connectivity index (χ2v) is 5.41. The van der Waals surface area contributed by atoms with Crippen LogP contribution in [-0.4, -0.2) is 17.4 Å². The van der Waals surface area contributed by atoms with Gasteiger partial charge in [0.1, 0.15) is 5.69 Å². The Hall–Kier alpha value is -2.68. The number of rotatable bonds is 4. The lowest BCUT2D eigenvalue weighted by molar-refractivity contribution is 0.0947. The van der Waals surface area contributed by atoms with Crippen molar-refractivity contribution in [3.63, 3.8) is 0 Å². The van der Waals surface area contributed by atoms with E-state index in [0.29, 0.717) is 12.2 Å². The number of carbonyl (C=O) groups excluding carboxylic acids is 1. The number of pyridine rings is 1. The number of para-hydroxylation sites is 1. The Labute approximate surface area is 130 Å². The van der Waals surface area contributed by atoms with E-state index in [2.05, 4.69) is 29.4 Å². The minimum absolute atomic E-state index is 0.131. The lowest BCUT2D eigenvalue weighted by Gasteiger charge is -2.13. The molecule has 3 rings (SSSR count). The number of hydrogen-bond donors (Lipinski definition) is 1. The maximum absolute atomic E-state index is 12.3. The van der Waals surface area contributed by atoms with Gasteiger partial charge in [-0.2, -0.15) is 0 Å². The van der Waals surface area contributed by atoms with Crippen molar-refractivity contribution < 1.29 is 4.79 Å². The number of aromatic nitrogens is 1. The normalized spacial score (nSPS) is 12.0. The Morgan fingerprint density at radius 2 is 1.73 bits per heavy atom. The molecule has 110 valence electrons. The van der Waals surface area contributed by atoms with E-state index in [4.69, 9.17) is 0 Å². The predicted octanol–water partition coefficient (Wildman–Crippen LogP) is 3.77. The van der Waals surface area contributed by atoms with Crippen LogP contribution in [0.15, 0.2) is 66.7 Å². The molecule has 0 unspecified atom stereocenters. The van der Waals surface area contributed by atoms with Crippen LogP contribution in [0.3, 0.4) is 0 Å². The molecule has 1 aromatic heterocycles. The predicted molar refractivity (Wildman–Crippen MR) is 88.9 cm³/mol. The first-order valence-electron chi connectivity index (χ1n) is 7.43. The monoisotopic (exact) mass is 290 g/mol. The van der Waals surface area contributed by atoms with Crippen LogP contribution in [-0.2, 0) is 0 Å². The van der Waals surface area contributed by atoms with Crippen LogP contribution in [0.5, 0.6) is 0 Å². The summed E-state index contributed by atoms with van der Waals surface area (Å²) in [4.78, 5) is 16.7. The second kappa shape index (κ2) is 6.39. The molecule has 0 aliphatic rings. The molecular weight excluding hydrogens is 272 g/mol. The van der Waals surface area contributed by atoms with Gasteiger partial charge < -0.3 is 5.32 Å². The minimum atomic E-state index is -0.131. The van der Waals surface area contributed by atoms with Gasteiger partial charge in [0.05, 0.1) is 5.52 Å². The topological polar surface area (TPSA) is 42.0 Å². The molecule has 0 radical (unpaired) electrons. The van der Waals surface area contributed by atoms with Crippen molar-refractivity contribution in [1.29, 1.82) is 0 Å². The average molecular weight is 290 g/mol. The molecule has 3 aromatic rings. The number of benzene rings is 2. The van der Waals surface area contributed by atoms with E-state index in [1.807, 2.05) is 48.5 Å². The van der Waals surface area contributed by atoms with Gasteiger partial charge in [-0.3, -0.25) is 4.79 Å². The summed E-state index contributed by atoms with van der Waals surface area (Å²) < 4.78 is 0. The summed E-state index contributed by atoms with van der Waals surface area (Å²) in [7, 11) is 0. The van der Waals surface area contributed by atoms with Crippen LogP contribution in [0.25, 0.3) is 10.9 Å². The summed E-state index contributed by atoms with van der Waals surface area (Å²) in [6.07, 6.45) is 0. The first-order valence-corrected chi connectivity index (χ1v) is 7.43. The van der Waals surface area contributed by atoms with Gasteiger partial charge in [0.25, 0.3) is 5.91 Å². The van der Waals surface area contributed by atoms with Crippen LogP contribution < -0.4 is 5.32 Å². The van der Waals surface area contributed by atoms with E-state index in [-0.39, 0.29) is 11.8 Å². The first-order chi connectivity index (χ1) is 10.7. The van der Waals surface area contributed by atoms with Crippen LogP contribution >= 0.6 is 0 Å². The Bertz CT molecular complexity index is 784. The van der Waals surface area contributed by atoms with Crippen molar-refractivity contribution >= 4 is 16.8 Å². The first kappa shape index (κ1) is 14.3. The number of fused-ring (bicyclic) bond motifs is 1. The van der Waals surface area contributed by atoms with Crippen molar-refractivity contribution in [2.45, 2.75) is 12.8 Å². The fourth-order valence-corrected chi connectivity index (χ4v) is 2.43. The summed E-state index contributed by atoms with van der Waals surface area (Å²) in [5, 5.41) is 4.00. The number of amides is 1. The molecule has 3 nitrogen and oxygen atoms in total. The van der Waals surface area contributed by atoms with Crippen molar-refractivity contribution in [2.24, 2.45) is 0 Å². The van der Waals surface area contributed by atoms with Crippen molar-refractivity contribution in [1.82, 2.24) is 10.3 Å². The van der Waals surface area contributed by atoms with Gasteiger partial charge >= 0.3 is 0 Å². The molecule has 0 saturated heterocycles. The summed E-state index contributed by atoms with van der Waals surface area (Å²) in [5.41, 5.74) is 2.51. The third-order valence-electron chi connectivity index (χ3n) is 3.77. The van der Waals surface area contributed by atoms with Crippen LogP contribution in [0.4, 0.5) is 0 Å². The van der Waals surface area contributed by atoms with Crippen LogP contribution in [0.1, 0.15) is 28.9 Å². The second-order valence-electron chi connectivity index (χ2n) is 5.41. The van der Waals surface area contributed by atoms with Gasteiger partial charge in [-0.1, -0.05) is 61.5 Å². The van der Waals surface area contributed by atoms with Gasteiger partial charge in [0.15, 0.2) is 0 Å². The van der Waals surface area contributed by atoms with E-state index < -0.39 is 0 Å². The molecule has 0 bridgehead atoms. The van der Waals surface area contributed by atoms with Gasteiger partial charge in [-0.25, -0.2) is 4.98 Å². The molecule has 0 spiro atoms. The van der Waals surface area contributed by atoms with E-state index in [1.54, 1.807) is 6.07 Å². The third-order valence-corrected chi connectivity index (χ3v) is 3.77. The lowest BCUT2D eigenvalue weighted by Crippen LogP contribution is -2.28. The maximum atomic E-state index is 12.3. The summed E-state index contributed by atoms with van der Waals surface area (Å²) in [6, 6.07) is 21.7. The molecular formula is C19H18N2O. The SMILES string of the molecule is C[C@@H](CNC(=O)c1ccc2ccccc2n1)c1ccccc1. The molecule has 1 heterocycles. The lowest BCUT2D eigenvalue weighted by atomic mass is 10.0. The molecule has 1 N–H and O–H groups in total. The zero-order valence-electron chi connectivity index (χ0n) is 12.5. The van der Waals surface area contributed by atoms with Gasteiger partial charge in [0, 0.05) is 11.9 Å². The van der Waals surface area contributed by atoms with Crippen LogP contribution in [0.2, 0.25) is 0 Å². The molecule has 0 fully saturated rings. The molecule has 22 heavy (non-hydrogen) atoms. The smallest absolute Gasteiger partial charge is 0.269 e. The van der Waals surface area contributed by atoms with E-state index in [9.17, 15) is 4.79 Å². The van der Waals surface area contributed by atoms with Crippen molar-refractivity contribution in [2.75, 3.05) is 6.54 Å². The van der Waals surface area contributed by atoms with Crippen LogP contribution in [0, 0.1) is 0 Å². The molecule has 2 aromatic carbocycles. The molecule has 1 amide bonds. The van der Waals surface area contributed by atoms with Gasteiger partial charge in [-0.15, -0.1) is 0 Å². The van der Waals surface area contributed by atoms with Gasteiger partial charge in [-0.05, 0) is 23.6 Å². The Kier molecular flexibility index (Phi) is 4.15. The highest BCUT2D eigenvalue weighted by molar-refractivity contribution is 5.94. The van der Waals surface area contributed by atoms with Gasteiger partial charge in [0.2, 0.25) is 0 Å². The van der Waals surface area contributed by atoms with E-state index >= 15 is 0 Å². The fourth-order valence-electron chi connectivity index (χ4n) is 2.43. The zero-order valence-corrected chi connectivity index (χ0v) is 12.5. The number of nitrogens with one attached hydrogen (secondary N) is 1. The standard InChI is InChI=1S/C19H18N2O/c1-14(15-7-3-2-4-8-15)13-20-19(22)18-12-11-16-9-5-6-10-17(16)21-18/h2-12,14H,13H2,1H3,(H,20,22)/t14-/m0/s1. The Balaban J connectivity index is 1.68. The average Bonchev–Trinajstić information content (AvgIpc) is 2.59. The van der Waals surface area contributed by atoms with Crippen molar-refractivity contribution in [3.05, 3.63) is 78.0 Å². The highest BCUT2D eigenvalue weighted by Crippen LogP contribution is 2.14. The Morgan fingerprint density at radius 1 is 1.00 bits per heavy atom. The van der Waals surface area contributed by atoms with E-state index in [0.717, 1.165) is 10.9 Å². The quantitative estimate of drug-likeness (QED) is 0.794. The molecule has 0 saturated carbocycles. The number of hydrogen-bond acceptors (Lipinski definition) is 2. The molecule has 1 atom stereocenters. The van der Waals surface area contributed by atoms with E-state index in [1.165, 1.54) is 5.56 Å². The molecule has 3 heteroatoms. The largest absolute Gasteiger partial charge is 0.350 e. The number of carbonyl (C=O) groups is 1. The highest BCUT2D eigenvalue weighted by Gasteiger charge is 2.10. The fraction of sp³-hybridized carbons (Fsp3) is 0.158. The summed E-state index contributed by atoms with van der Waals surface area (Å²) >= 11 is 0. The molecule has 0 aliphatic heterocycles. The zero-order chi connectivity index (χ0) is 15.4. The van der Waals surface area contributed by atoms with Crippen molar-refractivity contribution in [3.8, 4) is 0 Å². The highest BCUT2D eigenvalue weighted by atomic mass is 16.1. The Morgan fingerprint density at radius 3 is 2.55 bits per heavy atom. The summed E-state index contributed by atoms with van der Waals surface area (Å²) in [5.74, 6) is 0.138. The maximum Gasteiger partial charge on any atom is 0.269 e. The third kappa shape index (κ3) is 3.14. The number of nitrogens with zero attached hydrogens (tertiary/aromatic N) is 1. The summed E-state index contributed by atoms with van der Waals surface area (Å²) in [6.45, 7) is 2.70. The minimum Gasteiger partial charge on any atom is -0.350 e. The molecule has 0 aliphatic carbocycles.